The maximum Gasteiger partial charge on any atom is 0.150 e. The lowest BCUT2D eigenvalue weighted by molar-refractivity contribution is 0.636. The molecule has 0 spiro atoms. The minimum atomic E-state index is -0.380. The van der Waals surface area contributed by atoms with E-state index in [4.69, 9.17) is 11.6 Å². The van der Waals surface area contributed by atoms with Crippen LogP contribution in [0.1, 0.15) is 18.2 Å². The first-order valence-corrected chi connectivity index (χ1v) is 5.92. The number of pyridine rings is 1. The van der Waals surface area contributed by atoms with Gasteiger partial charge < -0.3 is 5.32 Å². The van der Waals surface area contributed by atoms with Crippen molar-refractivity contribution in [3.8, 4) is 0 Å². The average Bonchev–Trinajstić information content (AvgIpc) is 2.28. The van der Waals surface area contributed by atoms with Gasteiger partial charge in [0.1, 0.15) is 5.52 Å². The van der Waals surface area contributed by atoms with Gasteiger partial charge in [-0.2, -0.15) is 0 Å². The summed E-state index contributed by atoms with van der Waals surface area (Å²) in [6.07, 6.45) is 0.846. The predicted molar refractivity (Wildman–Crippen MR) is 70.4 cm³/mol. The number of nitrogens with one attached hydrogen (secondary N) is 1. The fourth-order valence-corrected chi connectivity index (χ4v) is 2.37. The number of anilines is 1. The molecule has 1 heterocycles. The fourth-order valence-electron chi connectivity index (χ4n) is 2.17. The third-order valence-electron chi connectivity index (χ3n) is 2.92. The van der Waals surface area contributed by atoms with E-state index in [1.807, 2.05) is 14.0 Å². The van der Waals surface area contributed by atoms with E-state index < -0.39 is 0 Å². The van der Waals surface area contributed by atoms with Crippen molar-refractivity contribution in [3.05, 3.63) is 34.2 Å². The number of fused-ring (bicyclic) bond motifs is 1. The molecular formula is C13H14ClFN2. The highest BCUT2D eigenvalue weighted by molar-refractivity contribution is 6.31. The Balaban J connectivity index is 2.93. The summed E-state index contributed by atoms with van der Waals surface area (Å²) in [5, 5.41) is 4.24. The van der Waals surface area contributed by atoms with Crippen LogP contribution in [0.15, 0.2) is 12.1 Å². The number of nitrogens with zero attached hydrogens (tertiary/aromatic N) is 1. The van der Waals surface area contributed by atoms with Crippen LogP contribution in [0.5, 0.6) is 0 Å². The molecule has 0 radical (unpaired) electrons. The molecule has 1 aromatic heterocycles. The zero-order valence-electron chi connectivity index (χ0n) is 10.1. The van der Waals surface area contributed by atoms with Crippen molar-refractivity contribution in [1.29, 1.82) is 0 Å². The van der Waals surface area contributed by atoms with E-state index in [0.29, 0.717) is 10.5 Å². The van der Waals surface area contributed by atoms with Gasteiger partial charge in [0, 0.05) is 28.8 Å². The molecule has 90 valence electrons. The summed E-state index contributed by atoms with van der Waals surface area (Å²) in [5.41, 5.74) is 3.23. The summed E-state index contributed by atoms with van der Waals surface area (Å²) >= 11 is 5.89. The highest BCUT2D eigenvalue weighted by Gasteiger charge is 2.13. The van der Waals surface area contributed by atoms with Gasteiger partial charge in [-0.25, -0.2) is 9.37 Å². The topological polar surface area (TPSA) is 24.9 Å². The second kappa shape index (κ2) is 4.49. The number of halogens is 2. The summed E-state index contributed by atoms with van der Waals surface area (Å²) < 4.78 is 13.8. The molecular weight excluding hydrogens is 239 g/mol. The Bertz CT molecular complexity index is 581. The Morgan fingerprint density at radius 3 is 2.71 bits per heavy atom. The number of aromatic nitrogens is 1. The summed E-state index contributed by atoms with van der Waals surface area (Å²) in [7, 11) is 1.83. The third-order valence-corrected chi connectivity index (χ3v) is 3.14. The molecule has 0 unspecified atom stereocenters. The van der Waals surface area contributed by atoms with E-state index in [2.05, 4.69) is 17.2 Å². The van der Waals surface area contributed by atoms with Crippen molar-refractivity contribution in [2.24, 2.45) is 0 Å². The molecule has 0 aliphatic carbocycles. The molecule has 1 N–H and O–H groups in total. The van der Waals surface area contributed by atoms with Gasteiger partial charge >= 0.3 is 0 Å². The number of rotatable bonds is 2. The van der Waals surface area contributed by atoms with Gasteiger partial charge in [-0.05, 0) is 31.0 Å². The zero-order valence-corrected chi connectivity index (χ0v) is 10.8. The minimum Gasteiger partial charge on any atom is -0.387 e. The van der Waals surface area contributed by atoms with Gasteiger partial charge in [-0.15, -0.1) is 0 Å². The molecule has 0 atom stereocenters. The Hall–Kier alpha value is -1.35. The third kappa shape index (κ3) is 1.95. The maximum absolute atomic E-state index is 13.8. The largest absolute Gasteiger partial charge is 0.387 e. The smallest absolute Gasteiger partial charge is 0.150 e. The normalized spacial score (nSPS) is 10.9. The molecule has 2 aromatic rings. The first-order valence-electron chi connectivity index (χ1n) is 5.54. The first-order chi connectivity index (χ1) is 8.08. The van der Waals surface area contributed by atoms with Crippen molar-refractivity contribution in [3.63, 3.8) is 0 Å². The summed E-state index contributed by atoms with van der Waals surface area (Å²) in [5.74, 6) is -0.380. The quantitative estimate of drug-likeness (QED) is 0.876. The Kier molecular flexibility index (Phi) is 3.20. The second-order valence-corrected chi connectivity index (χ2v) is 4.37. The first kappa shape index (κ1) is 12.1. The van der Waals surface area contributed by atoms with Crippen molar-refractivity contribution in [2.45, 2.75) is 20.3 Å². The monoisotopic (exact) mass is 252 g/mol. The van der Waals surface area contributed by atoms with Crippen molar-refractivity contribution in [2.75, 3.05) is 12.4 Å². The van der Waals surface area contributed by atoms with Gasteiger partial charge in [-0.1, -0.05) is 18.5 Å². The molecule has 0 saturated heterocycles. The van der Waals surface area contributed by atoms with Gasteiger partial charge in [-0.3, -0.25) is 0 Å². The molecule has 2 rings (SSSR count). The summed E-state index contributed by atoms with van der Waals surface area (Å²) in [4.78, 5) is 4.32. The minimum absolute atomic E-state index is 0.369. The van der Waals surface area contributed by atoms with Crippen LogP contribution >= 0.6 is 11.6 Å². The van der Waals surface area contributed by atoms with E-state index >= 15 is 0 Å². The van der Waals surface area contributed by atoms with Crippen LogP contribution in [0.3, 0.4) is 0 Å². The highest BCUT2D eigenvalue weighted by atomic mass is 35.5. The predicted octanol–water partition coefficient (Wildman–Crippen LogP) is 3.94. The van der Waals surface area contributed by atoms with Gasteiger partial charge in [0.05, 0.1) is 0 Å². The average molecular weight is 253 g/mol. The van der Waals surface area contributed by atoms with Gasteiger partial charge in [0.25, 0.3) is 0 Å². The summed E-state index contributed by atoms with van der Waals surface area (Å²) in [6.45, 7) is 3.95. The number of hydrogen-bond donors (Lipinski definition) is 1. The molecule has 17 heavy (non-hydrogen) atoms. The fraction of sp³-hybridized carbons (Fsp3) is 0.308. The zero-order chi connectivity index (χ0) is 12.6. The van der Waals surface area contributed by atoms with Crippen LogP contribution in [0.25, 0.3) is 10.9 Å². The number of hydrogen-bond acceptors (Lipinski definition) is 2. The highest BCUT2D eigenvalue weighted by Crippen LogP contribution is 2.32. The van der Waals surface area contributed by atoms with Crippen LogP contribution in [0.4, 0.5) is 10.1 Å². The Morgan fingerprint density at radius 2 is 2.12 bits per heavy atom. The molecule has 1 aromatic carbocycles. The second-order valence-electron chi connectivity index (χ2n) is 3.94. The lowest BCUT2D eigenvalue weighted by atomic mass is 10.0. The lowest BCUT2D eigenvalue weighted by Gasteiger charge is -2.14. The summed E-state index contributed by atoms with van der Waals surface area (Å²) in [6, 6.07) is 3.04. The number of aryl methyl sites for hydroxylation is 1. The van der Waals surface area contributed by atoms with Crippen LogP contribution in [0.2, 0.25) is 5.02 Å². The van der Waals surface area contributed by atoms with E-state index in [1.165, 1.54) is 6.07 Å². The van der Waals surface area contributed by atoms with E-state index in [0.717, 1.165) is 28.8 Å². The molecule has 0 saturated carbocycles. The Morgan fingerprint density at radius 1 is 1.41 bits per heavy atom. The van der Waals surface area contributed by atoms with Crippen molar-refractivity contribution >= 4 is 28.2 Å². The van der Waals surface area contributed by atoms with Gasteiger partial charge in [0.2, 0.25) is 0 Å². The van der Waals surface area contributed by atoms with Crippen molar-refractivity contribution < 1.29 is 4.39 Å². The number of benzene rings is 1. The van der Waals surface area contributed by atoms with Crippen molar-refractivity contribution in [1.82, 2.24) is 4.98 Å². The SMILES string of the molecule is CCc1c(C)nc2c(F)cc(Cl)cc2c1NC. The molecule has 4 heteroatoms. The van der Waals surface area contributed by atoms with E-state index in [9.17, 15) is 4.39 Å². The molecule has 0 fully saturated rings. The van der Waals surface area contributed by atoms with Crippen LogP contribution in [0, 0.1) is 12.7 Å². The van der Waals surface area contributed by atoms with Crippen LogP contribution in [-0.2, 0) is 6.42 Å². The van der Waals surface area contributed by atoms with E-state index in [-0.39, 0.29) is 5.82 Å². The van der Waals surface area contributed by atoms with E-state index in [1.54, 1.807) is 6.07 Å². The standard InChI is InChI=1S/C13H14ClFN2/c1-4-9-7(2)17-13-10(12(9)16-3)5-8(14)6-11(13)15/h5-6H,4H2,1-3H3,(H,16,17). The maximum atomic E-state index is 13.8. The molecule has 0 bridgehead atoms. The molecule has 2 nitrogen and oxygen atoms in total. The Labute approximate surface area is 105 Å². The molecule has 0 aliphatic heterocycles. The molecule has 0 aliphatic rings. The van der Waals surface area contributed by atoms with Gasteiger partial charge in [0.15, 0.2) is 5.82 Å². The van der Waals surface area contributed by atoms with Crippen LogP contribution in [-0.4, -0.2) is 12.0 Å². The lowest BCUT2D eigenvalue weighted by Crippen LogP contribution is -2.02. The van der Waals surface area contributed by atoms with Crippen LogP contribution < -0.4 is 5.32 Å². The molecule has 0 amide bonds.